The lowest BCUT2D eigenvalue weighted by Crippen LogP contribution is -2.17. The molecule has 2 rings (SSSR count). The van der Waals surface area contributed by atoms with Gasteiger partial charge in [-0.15, -0.1) is 11.3 Å². The van der Waals surface area contributed by atoms with Gasteiger partial charge < -0.3 is 9.52 Å². The summed E-state index contributed by atoms with van der Waals surface area (Å²) in [5.74, 6) is -0.392. The maximum Gasteiger partial charge on any atom is 0.371 e. The Morgan fingerprint density at radius 3 is 2.74 bits per heavy atom. The van der Waals surface area contributed by atoms with Crippen molar-refractivity contribution < 1.29 is 14.3 Å². The van der Waals surface area contributed by atoms with Gasteiger partial charge in [-0.3, -0.25) is 4.90 Å². The van der Waals surface area contributed by atoms with Crippen LogP contribution in [0.25, 0.3) is 0 Å². The molecule has 1 N–H and O–H groups in total. The minimum absolute atomic E-state index is 0.00889. The molecule has 0 saturated carbocycles. The quantitative estimate of drug-likeness (QED) is 0.912. The van der Waals surface area contributed by atoms with E-state index in [2.05, 4.69) is 9.88 Å². The minimum Gasteiger partial charge on any atom is -0.475 e. The molecule has 0 bridgehead atoms. The molecule has 0 spiro atoms. The lowest BCUT2D eigenvalue weighted by atomic mass is 10.2. The number of rotatable bonds is 5. The van der Waals surface area contributed by atoms with Crippen LogP contribution in [0.5, 0.6) is 0 Å². The number of carboxylic acids is 1. The van der Waals surface area contributed by atoms with Crippen LogP contribution in [0.1, 0.15) is 32.6 Å². The van der Waals surface area contributed by atoms with Crippen LogP contribution in [0.4, 0.5) is 0 Å². The van der Waals surface area contributed by atoms with Gasteiger partial charge in [-0.05, 0) is 27.0 Å². The molecule has 0 amide bonds. The van der Waals surface area contributed by atoms with E-state index in [1.54, 1.807) is 24.3 Å². The number of aryl methyl sites for hydroxylation is 2. The highest BCUT2D eigenvalue weighted by Crippen LogP contribution is 2.17. The van der Waals surface area contributed by atoms with E-state index in [-0.39, 0.29) is 5.76 Å². The first-order chi connectivity index (χ1) is 8.95. The Morgan fingerprint density at radius 2 is 2.21 bits per heavy atom. The van der Waals surface area contributed by atoms with E-state index in [0.29, 0.717) is 12.3 Å². The largest absolute Gasteiger partial charge is 0.475 e. The highest BCUT2D eigenvalue weighted by atomic mass is 32.1. The van der Waals surface area contributed by atoms with Gasteiger partial charge in [0, 0.05) is 24.0 Å². The average molecular weight is 280 g/mol. The summed E-state index contributed by atoms with van der Waals surface area (Å²) < 4.78 is 5.19. The number of hydrogen-bond donors (Lipinski definition) is 1. The van der Waals surface area contributed by atoms with E-state index in [9.17, 15) is 4.79 Å². The third-order valence-corrected chi connectivity index (χ3v) is 3.59. The number of carboxylic acid groups (broad SMARTS) is 1. The molecule has 5 nitrogen and oxygen atoms in total. The standard InChI is InChI=1S/C13H16N2O3S/c1-8-10(4-12(18-8)13(16)17)5-15(3)6-11-7-19-9(2)14-11/h4,7H,5-6H2,1-3H3,(H,16,17). The minimum atomic E-state index is -1.04. The second kappa shape index (κ2) is 5.54. The summed E-state index contributed by atoms with van der Waals surface area (Å²) >= 11 is 1.63. The Morgan fingerprint density at radius 1 is 1.47 bits per heavy atom. The molecule has 19 heavy (non-hydrogen) atoms. The second-order valence-corrected chi connectivity index (χ2v) is 5.59. The highest BCUT2D eigenvalue weighted by Gasteiger charge is 2.14. The van der Waals surface area contributed by atoms with E-state index < -0.39 is 5.97 Å². The number of aromatic nitrogens is 1. The monoisotopic (exact) mass is 280 g/mol. The van der Waals surface area contributed by atoms with E-state index in [0.717, 1.165) is 22.8 Å². The molecular weight excluding hydrogens is 264 g/mol. The van der Waals surface area contributed by atoms with Gasteiger partial charge in [0.1, 0.15) is 5.76 Å². The fourth-order valence-corrected chi connectivity index (χ4v) is 2.49. The van der Waals surface area contributed by atoms with Crippen LogP contribution in [-0.4, -0.2) is 28.0 Å². The first-order valence-electron chi connectivity index (χ1n) is 5.88. The van der Waals surface area contributed by atoms with Crippen molar-refractivity contribution in [2.24, 2.45) is 0 Å². The van der Waals surface area contributed by atoms with Crippen molar-refractivity contribution >= 4 is 17.3 Å². The zero-order valence-corrected chi connectivity index (χ0v) is 12.0. The normalized spacial score (nSPS) is 11.2. The van der Waals surface area contributed by atoms with Crippen LogP contribution in [0, 0.1) is 13.8 Å². The summed E-state index contributed by atoms with van der Waals surface area (Å²) in [6.07, 6.45) is 0. The summed E-state index contributed by atoms with van der Waals surface area (Å²) in [5.41, 5.74) is 1.93. The maximum absolute atomic E-state index is 10.8. The Kier molecular flexibility index (Phi) is 4.01. The predicted molar refractivity (Wildman–Crippen MR) is 72.4 cm³/mol. The van der Waals surface area contributed by atoms with Gasteiger partial charge in [0.25, 0.3) is 0 Å². The van der Waals surface area contributed by atoms with Crippen LogP contribution < -0.4 is 0 Å². The van der Waals surface area contributed by atoms with E-state index in [1.165, 1.54) is 0 Å². The highest BCUT2D eigenvalue weighted by molar-refractivity contribution is 7.09. The number of hydrogen-bond acceptors (Lipinski definition) is 5. The first-order valence-corrected chi connectivity index (χ1v) is 6.76. The molecule has 0 atom stereocenters. The molecule has 0 radical (unpaired) electrons. The van der Waals surface area contributed by atoms with Crippen LogP contribution >= 0.6 is 11.3 Å². The van der Waals surface area contributed by atoms with Crippen molar-refractivity contribution in [1.29, 1.82) is 0 Å². The molecule has 0 aliphatic rings. The second-order valence-electron chi connectivity index (χ2n) is 4.53. The molecule has 2 heterocycles. The zero-order valence-electron chi connectivity index (χ0n) is 11.1. The number of furan rings is 1. The van der Waals surface area contributed by atoms with Gasteiger partial charge in [-0.25, -0.2) is 9.78 Å². The Balaban J connectivity index is 2.02. The van der Waals surface area contributed by atoms with E-state index >= 15 is 0 Å². The van der Waals surface area contributed by atoms with Gasteiger partial charge in [0.2, 0.25) is 5.76 Å². The van der Waals surface area contributed by atoms with Crippen molar-refractivity contribution in [3.8, 4) is 0 Å². The molecule has 6 heteroatoms. The average Bonchev–Trinajstić information content (AvgIpc) is 2.86. The lowest BCUT2D eigenvalue weighted by Gasteiger charge is -2.14. The van der Waals surface area contributed by atoms with Crippen molar-refractivity contribution in [1.82, 2.24) is 9.88 Å². The summed E-state index contributed by atoms with van der Waals surface area (Å²) in [5, 5.41) is 12.0. The van der Waals surface area contributed by atoms with Crippen LogP contribution in [0.2, 0.25) is 0 Å². The molecule has 0 aliphatic carbocycles. The fourth-order valence-electron chi connectivity index (χ4n) is 1.89. The summed E-state index contributed by atoms with van der Waals surface area (Å²) in [6, 6.07) is 1.58. The Bertz CT molecular complexity index is 588. The van der Waals surface area contributed by atoms with Crippen molar-refractivity contribution in [2.45, 2.75) is 26.9 Å². The summed E-state index contributed by atoms with van der Waals surface area (Å²) in [4.78, 5) is 17.3. The molecule has 0 fully saturated rings. The molecular formula is C13H16N2O3S. The Hall–Kier alpha value is -1.66. The van der Waals surface area contributed by atoms with Crippen molar-refractivity contribution in [3.63, 3.8) is 0 Å². The molecule has 0 aliphatic heterocycles. The van der Waals surface area contributed by atoms with E-state index in [1.807, 2.05) is 19.4 Å². The predicted octanol–water partition coefficient (Wildman–Crippen LogP) is 2.68. The van der Waals surface area contributed by atoms with E-state index in [4.69, 9.17) is 9.52 Å². The summed E-state index contributed by atoms with van der Waals surface area (Å²) in [6.45, 7) is 5.13. The molecule has 2 aromatic rings. The maximum atomic E-state index is 10.8. The fraction of sp³-hybridized carbons (Fsp3) is 0.385. The van der Waals surface area contributed by atoms with Gasteiger partial charge in [0.15, 0.2) is 0 Å². The summed E-state index contributed by atoms with van der Waals surface area (Å²) in [7, 11) is 1.97. The van der Waals surface area contributed by atoms with Crippen LogP contribution in [0.3, 0.4) is 0 Å². The van der Waals surface area contributed by atoms with Gasteiger partial charge in [-0.1, -0.05) is 0 Å². The Labute approximate surface area is 115 Å². The van der Waals surface area contributed by atoms with Gasteiger partial charge >= 0.3 is 5.97 Å². The number of carbonyl (C=O) groups is 1. The zero-order chi connectivity index (χ0) is 14.0. The molecule has 102 valence electrons. The molecule has 0 aromatic carbocycles. The van der Waals surface area contributed by atoms with Gasteiger partial charge in [0.05, 0.1) is 10.7 Å². The molecule has 0 saturated heterocycles. The molecule has 2 aromatic heterocycles. The van der Waals surface area contributed by atoms with Crippen molar-refractivity contribution in [3.05, 3.63) is 39.2 Å². The SMILES string of the molecule is Cc1nc(CN(C)Cc2cc(C(=O)O)oc2C)cs1. The topological polar surface area (TPSA) is 66.6 Å². The van der Waals surface area contributed by atoms with Crippen molar-refractivity contribution in [2.75, 3.05) is 7.05 Å². The lowest BCUT2D eigenvalue weighted by molar-refractivity contribution is 0.0661. The van der Waals surface area contributed by atoms with Gasteiger partial charge in [-0.2, -0.15) is 0 Å². The third kappa shape index (κ3) is 3.42. The smallest absolute Gasteiger partial charge is 0.371 e. The number of thiazole rings is 1. The number of aromatic carboxylic acids is 1. The first kappa shape index (κ1) is 13.8. The number of nitrogens with zero attached hydrogens (tertiary/aromatic N) is 2. The molecule has 0 unspecified atom stereocenters. The van der Waals surface area contributed by atoms with Crippen LogP contribution in [-0.2, 0) is 13.1 Å². The third-order valence-electron chi connectivity index (χ3n) is 2.77. The van der Waals surface area contributed by atoms with Crippen LogP contribution in [0.15, 0.2) is 15.9 Å².